The second-order valence-electron chi connectivity index (χ2n) is 6.66. The summed E-state index contributed by atoms with van der Waals surface area (Å²) in [5.74, 6) is -0.965. The molecule has 7 heteroatoms. The third-order valence-electron chi connectivity index (χ3n) is 5.01. The molecule has 1 saturated heterocycles. The van der Waals surface area contributed by atoms with Crippen molar-refractivity contribution in [3.63, 3.8) is 0 Å². The Morgan fingerprint density at radius 3 is 1.88 bits per heavy atom. The van der Waals surface area contributed by atoms with Gasteiger partial charge in [0.25, 0.3) is 0 Å². The van der Waals surface area contributed by atoms with Crippen molar-refractivity contribution in [2.24, 2.45) is 28.0 Å². The number of carboxylic acid groups (broad SMARTS) is 1. The predicted molar refractivity (Wildman–Crippen MR) is 94.3 cm³/mol. The molecule has 0 bridgehead atoms. The number of rotatable bonds is 3. The number of nitrogens with two attached hydrogens (primary N) is 3. The van der Waals surface area contributed by atoms with Gasteiger partial charge in [-0.15, -0.1) is 0 Å². The van der Waals surface area contributed by atoms with Crippen molar-refractivity contribution >= 4 is 11.9 Å². The summed E-state index contributed by atoms with van der Waals surface area (Å²) in [5.41, 5.74) is 15.4. The Labute approximate surface area is 145 Å². The first-order chi connectivity index (χ1) is 11.3. The molecule has 0 unspecified atom stereocenters. The molecule has 7 N–H and O–H groups in total. The number of ether oxygens (including phenoxy) is 1. The summed E-state index contributed by atoms with van der Waals surface area (Å²) in [6, 6.07) is 0.224. The minimum atomic E-state index is -0.676. The predicted octanol–water partition coefficient (Wildman–Crippen LogP) is 1.23. The Morgan fingerprint density at radius 2 is 1.58 bits per heavy atom. The van der Waals surface area contributed by atoms with Gasteiger partial charge in [0.1, 0.15) is 0 Å². The Kier molecular flexibility index (Phi) is 10.1. The van der Waals surface area contributed by atoms with E-state index in [0.29, 0.717) is 32.6 Å². The van der Waals surface area contributed by atoms with E-state index in [1.54, 1.807) is 6.92 Å². The standard InChI is InChI=1S/C8H15NO2.C7H14N2O2.C2H6/c1-8(7(10)11)4-2-6(9)3-5-8;8-5-7(6(9)10)1-3-11-4-2-7;1-2/h6H,2-5,9H2,1H3,(H,10,11);1-5,8H2,(H2,9,10);1-2H3. The molecule has 1 aliphatic carbocycles. The third kappa shape index (κ3) is 6.37. The lowest BCUT2D eigenvalue weighted by Gasteiger charge is -2.32. The molecule has 24 heavy (non-hydrogen) atoms. The van der Waals surface area contributed by atoms with Crippen LogP contribution in [-0.2, 0) is 14.3 Å². The van der Waals surface area contributed by atoms with Crippen molar-refractivity contribution in [1.82, 2.24) is 0 Å². The molecule has 0 radical (unpaired) electrons. The van der Waals surface area contributed by atoms with Crippen molar-refractivity contribution in [1.29, 1.82) is 0 Å². The average molecular weight is 345 g/mol. The van der Waals surface area contributed by atoms with Crippen LogP contribution >= 0.6 is 0 Å². The molecule has 1 aliphatic heterocycles. The summed E-state index contributed by atoms with van der Waals surface area (Å²) in [7, 11) is 0. The van der Waals surface area contributed by atoms with Crippen molar-refractivity contribution in [3.8, 4) is 0 Å². The maximum absolute atomic E-state index is 11.0. The lowest BCUT2D eigenvalue weighted by atomic mass is 9.74. The molecule has 1 amide bonds. The molecule has 2 aliphatic rings. The minimum Gasteiger partial charge on any atom is -0.481 e. The maximum Gasteiger partial charge on any atom is 0.309 e. The lowest BCUT2D eigenvalue weighted by Crippen LogP contribution is -2.46. The van der Waals surface area contributed by atoms with Gasteiger partial charge in [-0.2, -0.15) is 0 Å². The second-order valence-corrected chi connectivity index (χ2v) is 6.66. The van der Waals surface area contributed by atoms with Gasteiger partial charge in [-0.25, -0.2) is 0 Å². The first-order valence-corrected chi connectivity index (χ1v) is 8.82. The molecule has 0 spiro atoms. The fraction of sp³-hybridized carbons (Fsp3) is 0.882. The monoisotopic (exact) mass is 345 g/mol. The molecule has 2 rings (SSSR count). The number of hydrogen-bond acceptors (Lipinski definition) is 5. The van der Waals surface area contributed by atoms with Crippen LogP contribution in [0.25, 0.3) is 0 Å². The highest BCUT2D eigenvalue weighted by molar-refractivity contribution is 5.81. The number of hydrogen-bond donors (Lipinski definition) is 4. The largest absolute Gasteiger partial charge is 0.481 e. The van der Waals surface area contributed by atoms with Gasteiger partial charge < -0.3 is 27.0 Å². The Bertz CT molecular complexity index is 387. The van der Waals surface area contributed by atoms with Gasteiger partial charge >= 0.3 is 5.97 Å². The average Bonchev–Trinajstić information content (AvgIpc) is 2.60. The first kappa shape index (κ1) is 22.8. The van der Waals surface area contributed by atoms with Crippen molar-refractivity contribution < 1.29 is 19.4 Å². The van der Waals surface area contributed by atoms with E-state index >= 15 is 0 Å². The van der Waals surface area contributed by atoms with Gasteiger partial charge in [0.05, 0.1) is 10.8 Å². The van der Waals surface area contributed by atoms with Crippen LogP contribution in [0.5, 0.6) is 0 Å². The second kappa shape index (κ2) is 10.6. The highest BCUT2D eigenvalue weighted by atomic mass is 16.5. The number of carbonyl (C=O) groups is 2. The van der Waals surface area contributed by atoms with Gasteiger partial charge in [0, 0.05) is 25.8 Å². The highest BCUT2D eigenvalue weighted by Crippen LogP contribution is 2.35. The molecule has 0 atom stereocenters. The SMILES string of the molecule is CC.CC1(C(=O)O)CCC(N)CC1.NCC1(C(N)=O)CCOCC1. The lowest BCUT2D eigenvalue weighted by molar-refractivity contribution is -0.149. The van der Waals surface area contributed by atoms with Crippen LogP contribution in [-0.4, -0.2) is 42.8 Å². The van der Waals surface area contributed by atoms with E-state index in [4.69, 9.17) is 27.0 Å². The molecule has 1 heterocycles. The zero-order valence-electron chi connectivity index (χ0n) is 15.3. The number of amides is 1. The van der Waals surface area contributed by atoms with Crippen LogP contribution in [0.15, 0.2) is 0 Å². The van der Waals surface area contributed by atoms with Crippen molar-refractivity contribution in [3.05, 3.63) is 0 Å². The van der Waals surface area contributed by atoms with Crippen molar-refractivity contribution in [2.75, 3.05) is 19.8 Å². The molecular weight excluding hydrogens is 310 g/mol. The normalized spacial score (nSPS) is 28.5. The first-order valence-electron chi connectivity index (χ1n) is 8.82. The van der Waals surface area contributed by atoms with E-state index in [1.807, 2.05) is 13.8 Å². The Balaban J connectivity index is 0.000000400. The molecule has 0 aromatic carbocycles. The van der Waals surface area contributed by atoms with E-state index in [-0.39, 0.29) is 11.9 Å². The van der Waals surface area contributed by atoms with Gasteiger partial charge in [-0.3, -0.25) is 9.59 Å². The summed E-state index contributed by atoms with van der Waals surface area (Å²) in [6.07, 6.45) is 4.48. The number of carbonyl (C=O) groups excluding carboxylic acids is 1. The molecule has 0 aromatic heterocycles. The Hall–Kier alpha value is -1.18. The van der Waals surface area contributed by atoms with Crippen LogP contribution in [0.3, 0.4) is 0 Å². The Morgan fingerprint density at radius 1 is 1.12 bits per heavy atom. The van der Waals surface area contributed by atoms with Crippen LogP contribution in [0.4, 0.5) is 0 Å². The molecule has 1 saturated carbocycles. The van der Waals surface area contributed by atoms with E-state index < -0.39 is 16.8 Å². The summed E-state index contributed by atoms with van der Waals surface area (Å²) in [5, 5.41) is 8.84. The van der Waals surface area contributed by atoms with E-state index in [2.05, 4.69) is 0 Å². The van der Waals surface area contributed by atoms with Crippen molar-refractivity contribution in [2.45, 2.75) is 65.3 Å². The van der Waals surface area contributed by atoms with Gasteiger partial charge in [-0.05, 0) is 45.4 Å². The van der Waals surface area contributed by atoms with E-state index in [1.165, 1.54) is 0 Å². The van der Waals surface area contributed by atoms with Gasteiger partial charge in [-0.1, -0.05) is 13.8 Å². The van der Waals surface area contributed by atoms with Gasteiger partial charge in [0.15, 0.2) is 0 Å². The fourth-order valence-corrected chi connectivity index (χ4v) is 2.80. The zero-order chi connectivity index (χ0) is 18.8. The molecular formula is C17H35N3O4. The molecule has 142 valence electrons. The van der Waals surface area contributed by atoms with Crippen LogP contribution in [0.1, 0.15) is 59.3 Å². The summed E-state index contributed by atoms with van der Waals surface area (Å²) in [4.78, 5) is 21.7. The quantitative estimate of drug-likeness (QED) is 0.606. The minimum absolute atomic E-state index is 0.224. The molecule has 2 fully saturated rings. The fourth-order valence-electron chi connectivity index (χ4n) is 2.80. The van der Waals surface area contributed by atoms with Crippen LogP contribution < -0.4 is 17.2 Å². The van der Waals surface area contributed by atoms with Gasteiger partial charge in [0.2, 0.25) is 5.91 Å². The third-order valence-corrected chi connectivity index (χ3v) is 5.01. The highest BCUT2D eigenvalue weighted by Gasteiger charge is 2.37. The molecule has 0 aromatic rings. The smallest absolute Gasteiger partial charge is 0.309 e. The maximum atomic E-state index is 11.0. The van der Waals surface area contributed by atoms with E-state index in [0.717, 1.165) is 25.7 Å². The molecule has 7 nitrogen and oxygen atoms in total. The topological polar surface area (TPSA) is 142 Å². The number of carboxylic acids is 1. The summed E-state index contributed by atoms with van der Waals surface area (Å²) >= 11 is 0. The van der Waals surface area contributed by atoms with Crippen LogP contribution in [0.2, 0.25) is 0 Å². The van der Waals surface area contributed by atoms with E-state index in [9.17, 15) is 9.59 Å². The number of aliphatic carboxylic acids is 1. The zero-order valence-corrected chi connectivity index (χ0v) is 15.3. The number of primary amides is 1. The summed E-state index contributed by atoms with van der Waals surface area (Å²) in [6.45, 7) is 7.34. The summed E-state index contributed by atoms with van der Waals surface area (Å²) < 4.78 is 5.11. The van der Waals surface area contributed by atoms with Crippen LogP contribution in [0, 0.1) is 10.8 Å².